The molecule has 0 unspecified atom stereocenters. The number of hydrogen-bond donors (Lipinski definition) is 1. The molecule has 14 heavy (non-hydrogen) atoms. The summed E-state index contributed by atoms with van der Waals surface area (Å²) in [5, 5.41) is 9.50. The molecule has 5 heteroatoms. The zero-order valence-corrected chi connectivity index (χ0v) is 9.39. The van der Waals surface area contributed by atoms with Gasteiger partial charge in [-0.2, -0.15) is 0 Å². The van der Waals surface area contributed by atoms with Crippen LogP contribution in [0.5, 0.6) is 0 Å². The maximum atomic E-state index is 8.72. The summed E-state index contributed by atoms with van der Waals surface area (Å²) in [6, 6.07) is 3.53. The fourth-order valence-corrected chi connectivity index (χ4v) is 1.67. The Hall–Kier alpha value is -0.350. The summed E-state index contributed by atoms with van der Waals surface area (Å²) in [6.07, 6.45) is 0. The van der Waals surface area contributed by atoms with Gasteiger partial charge in [0.05, 0.1) is 6.61 Å². The van der Waals surface area contributed by atoms with E-state index < -0.39 is 0 Å². The Kier molecular flexibility index (Phi) is 4.62. The fraction of sp³-hybridized carbons (Fsp3) is 0.444. The van der Waals surface area contributed by atoms with E-state index in [-0.39, 0.29) is 6.61 Å². The van der Waals surface area contributed by atoms with Crippen LogP contribution in [-0.2, 0) is 6.54 Å². The van der Waals surface area contributed by atoms with E-state index in [0.29, 0.717) is 23.4 Å². The van der Waals surface area contributed by atoms with Crippen LogP contribution in [0, 0.1) is 0 Å². The second-order valence-corrected chi connectivity index (χ2v) is 3.86. The fourth-order valence-electron chi connectivity index (χ4n) is 1.17. The summed E-state index contributed by atoms with van der Waals surface area (Å²) < 4.78 is 0. The number of hydrogen-bond acceptors (Lipinski definition) is 3. The van der Waals surface area contributed by atoms with Crippen molar-refractivity contribution < 1.29 is 5.11 Å². The lowest BCUT2D eigenvalue weighted by atomic mass is 10.2. The number of rotatable bonds is 4. The Morgan fingerprint density at radius 3 is 2.43 bits per heavy atom. The molecule has 1 aromatic rings. The van der Waals surface area contributed by atoms with E-state index in [9.17, 15) is 0 Å². The molecule has 78 valence electrons. The van der Waals surface area contributed by atoms with Gasteiger partial charge in [-0.1, -0.05) is 23.2 Å². The molecule has 1 aromatic heterocycles. The largest absolute Gasteiger partial charge is 0.395 e. The van der Waals surface area contributed by atoms with Gasteiger partial charge in [-0.3, -0.25) is 4.90 Å². The molecule has 1 N–H and O–H groups in total. The van der Waals surface area contributed by atoms with E-state index >= 15 is 0 Å². The number of aliphatic hydroxyl groups excluding tert-OH is 1. The van der Waals surface area contributed by atoms with Crippen LogP contribution in [0.1, 0.15) is 5.56 Å². The number of nitrogens with zero attached hydrogens (tertiary/aromatic N) is 2. The highest BCUT2D eigenvalue weighted by molar-refractivity contribution is 6.32. The maximum Gasteiger partial charge on any atom is 0.131 e. The number of halogens is 2. The molecule has 0 saturated heterocycles. The van der Waals surface area contributed by atoms with Gasteiger partial charge in [-0.15, -0.1) is 0 Å². The molecule has 0 amide bonds. The SMILES string of the molecule is CN(CCO)Cc1cc(Cl)nc(Cl)c1. The van der Waals surface area contributed by atoms with E-state index in [4.69, 9.17) is 28.3 Å². The lowest BCUT2D eigenvalue weighted by Crippen LogP contribution is -2.21. The lowest BCUT2D eigenvalue weighted by Gasteiger charge is -2.14. The van der Waals surface area contributed by atoms with Crippen molar-refractivity contribution in [1.82, 2.24) is 9.88 Å². The van der Waals surface area contributed by atoms with Gasteiger partial charge in [0.2, 0.25) is 0 Å². The first-order chi connectivity index (χ1) is 6.61. The highest BCUT2D eigenvalue weighted by atomic mass is 35.5. The van der Waals surface area contributed by atoms with Crippen LogP contribution in [0.2, 0.25) is 10.3 Å². The zero-order valence-electron chi connectivity index (χ0n) is 7.87. The molecule has 0 aromatic carbocycles. The van der Waals surface area contributed by atoms with Crippen molar-refractivity contribution >= 4 is 23.2 Å². The number of aliphatic hydroxyl groups is 1. The summed E-state index contributed by atoms with van der Waals surface area (Å²) in [7, 11) is 1.92. The molecule has 0 aliphatic rings. The van der Waals surface area contributed by atoms with E-state index in [1.54, 1.807) is 12.1 Å². The molecular weight excluding hydrogens is 223 g/mol. The van der Waals surface area contributed by atoms with Crippen molar-refractivity contribution in [2.45, 2.75) is 6.54 Å². The predicted molar refractivity (Wildman–Crippen MR) is 57.7 cm³/mol. The summed E-state index contributed by atoms with van der Waals surface area (Å²) in [5.41, 5.74) is 0.992. The third-order valence-corrected chi connectivity index (χ3v) is 2.14. The molecule has 1 heterocycles. The summed E-state index contributed by atoms with van der Waals surface area (Å²) in [5.74, 6) is 0. The second-order valence-electron chi connectivity index (χ2n) is 3.08. The number of pyridine rings is 1. The quantitative estimate of drug-likeness (QED) is 0.808. The molecule has 0 fully saturated rings. The molecule has 0 spiro atoms. The van der Waals surface area contributed by atoms with E-state index in [1.807, 2.05) is 11.9 Å². The topological polar surface area (TPSA) is 36.4 Å². The molecule has 0 aliphatic heterocycles. The van der Waals surface area contributed by atoms with Crippen LogP contribution in [0.25, 0.3) is 0 Å². The molecule has 0 bridgehead atoms. The van der Waals surface area contributed by atoms with Gasteiger partial charge >= 0.3 is 0 Å². The molecule has 0 aliphatic carbocycles. The first-order valence-electron chi connectivity index (χ1n) is 4.23. The van der Waals surface area contributed by atoms with Crippen LogP contribution in [0.3, 0.4) is 0 Å². The van der Waals surface area contributed by atoms with Crippen molar-refractivity contribution in [3.05, 3.63) is 28.0 Å². The first-order valence-corrected chi connectivity index (χ1v) is 4.99. The van der Waals surface area contributed by atoms with Crippen LogP contribution in [-0.4, -0.2) is 35.2 Å². The number of aromatic nitrogens is 1. The van der Waals surface area contributed by atoms with Crippen LogP contribution in [0.15, 0.2) is 12.1 Å². The second kappa shape index (κ2) is 5.51. The maximum absolute atomic E-state index is 8.72. The minimum atomic E-state index is 0.142. The Morgan fingerprint density at radius 1 is 1.36 bits per heavy atom. The normalized spacial score (nSPS) is 10.9. The Labute approximate surface area is 93.3 Å². The van der Waals surface area contributed by atoms with Gasteiger partial charge < -0.3 is 5.11 Å². The van der Waals surface area contributed by atoms with Crippen molar-refractivity contribution in [3.8, 4) is 0 Å². The lowest BCUT2D eigenvalue weighted by molar-refractivity contribution is 0.217. The van der Waals surface area contributed by atoms with Gasteiger partial charge in [-0.05, 0) is 24.7 Å². The van der Waals surface area contributed by atoms with Crippen molar-refractivity contribution in [1.29, 1.82) is 0 Å². The Bertz CT molecular complexity index is 287. The van der Waals surface area contributed by atoms with E-state index in [0.717, 1.165) is 5.56 Å². The van der Waals surface area contributed by atoms with Gasteiger partial charge in [0, 0.05) is 13.1 Å². The third-order valence-electron chi connectivity index (χ3n) is 1.76. The minimum Gasteiger partial charge on any atom is -0.395 e. The minimum absolute atomic E-state index is 0.142. The molecule has 0 atom stereocenters. The summed E-state index contributed by atoms with van der Waals surface area (Å²) in [4.78, 5) is 5.82. The molecular formula is C9H12Cl2N2O. The van der Waals surface area contributed by atoms with Crippen molar-refractivity contribution in [2.75, 3.05) is 20.2 Å². The third kappa shape index (κ3) is 3.80. The van der Waals surface area contributed by atoms with Gasteiger partial charge in [0.25, 0.3) is 0 Å². The predicted octanol–water partition coefficient (Wildman–Crippen LogP) is 1.81. The Balaban J connectivity index is 2.66. The van der Waals surface area contributed by atoms with E-state index in [1.165, 1.54) is 0 Å². The molecule has 1 rings (SSSR count). The Morgan fingerprint density at radius 2 is 1.93 bits per heavy atom. The monoisotopic (exact) mass is 234 g/mol. The van der Waals surface area contributed by atoms with Crippen molar-refractivity contribution in [3.63, 3.8) is 0 Å². The molecule has 0 radical (unpaired) electrons. The zero-order chi connectivity index (χ0) is 10.6. The standard InChI is InChI=1S/C9H12Cl2N2O/c1-13(2-3-14)6-7-4-8(10)12-9(11)5-7/h4-5,14H,2-3,6H2,1H3. The summed E-state index contributed by atoms with van der Waals surface area (Å²) in [6.45, 7) is 1.46. The first kappa shape index (κ1) is 11.7. The molecule has 0 saturated carbocycles. The van der Waals surface area contributed by atoms with Crippen LogP contribution < -0.4 is 0 Å². The van der Waals surface area contributed by atoms with Crippen LogP contribution in [0.4, 0.5) is 0 Å². The highest BCUT2D eigenvalue weighted by Gasteiger charge is 2.02. The van der Waals surface area contributed by atoms with Gasteiger partial charge in [0.1, 0.15) is 10.3 Å². The smallest absolute Gasteiger partial charge is 0.131 e. The number of likely N-dealkylation sites (N-methyl/N-ethyl adjacent to an activating group) is 1. The van der Waals surface area contributed by atoms with Gasteiger partial charge in [-0.25, -0.2) is 4.98 Å². The highest BCUT2D eigenvalue weighted by Crippen LogP contribution is 2.15. The average molecular weight is 235 g/mol. The summed E-state index contributed by atoms with van der Waals surface area (Å²) >= 11 is 11.5. The molecule has 3 nitrogen and oxygen atoms in total. The van der Waals surface area contributed by atoms with Crippen molar-refractivity contribution in [2.24, 2.45) is 0 Å². The van der Waals surface area contributed by atoms with E-state index in [2.05, 4.69) is 4.98 Å². The van der Waals surface area contributed by atoms with Crippen LogP contribution >= 0.6 is 23.2 Å². The average Bonchev–Trinajstić information content (AvgIpc) is 2.01. The van der Waals surface area contributed by atoms with Gasteiger partial charge in [0.15, 0.2) is 0 Å².